The lowest BCUT2D eigenvalue weighted by molar-refractivity contribution is -0.128. The van der Waals surface area contributed by atoms with E-state index in [0.717, 1.165) is 11.1 Å². The number of amides is 1. The highest BCUT2D eigenvalue weighted by molar-refractivity contribution is 8.00. The minimum atomic E-state index is -0.564. The standard InChI is InChI=1S/C25H24FN3O3S2/c1-28(2)24(31)21(17-7-5-4-6-8-17)34-25-27-22-20(23(30)29(25)13-14-32-3)19(15-33-22)16-9-11-18(26)12-10-16/h4-12,15,21H,13-14H2,1-3H3/t21-/m0/s1. The Labute approximate surface area is 205 Å². The van der Waals surface area contributed by atoms with Gasteiger partial charge in [-0.15, -0.1) is 11.3 Å². The van der Waals surface area contributed by atoms with E-state index in [0.29, 0.717) is 27.5 Å². The summed E-state index contributed by atoms with van der Waals surface area (Å²) in [6.45, 7) is 0.602. The SMILES string of the molecule is COCCn1c(S[C@H](C(=O)N(C)C)c2ccccc2)nc2scc(-c3ccc(F)cc3)c2c1=O. The lowest BCUT2D eigenvalue weighted by atomic mass is 10.1. The van der Waals surface area contributed by atoms with Crippen molar-refractivity contribution in [1.29, 1.82) is 0 Å². The number of fused-ring (bicyclic) bond motifs is 1. The monoisotopic (exact) mass is 497 g/mol. The van der Waals surface area contributed by atoms with Gasteiger partial charge >= 0.3 is 0 Å². The molecule has 0 spiro atoms. The molecule has 0 saturated carbocycles. The zero-order chi connectivity index (χ0) is 24.2. The molecule has 1 amide bonds. The number of halogens is 1. The minimum absolute atomic E-state index is 0.0954. The topological polar surface area (TPSA) is 64.4 Å². The average molecular weight is 498 g/mol. The molecule has 0 unspecified atom stereocenters. The number of thioether (sulfide) groups is 1. The van der Waals surface area contributed by atoms with Gasteiger partial charge in [-0.3, -0.25) is 14.2 Å². The van der Waals surface area contributed by atoms with Gasteiger partial charge in [-0.1, -0.05) is 54.2 Å². The molecule has 1 atom stereocenters. The molecule has 176 valence electrons. The van der Waals surface area contributed by atoms with Crippen LogP contribution in [0.1, 0.15) is 10.8 Å². The molecule has 0 bridgehead atoms. The van der Waals surface area contributed by atoms with Gasteiger partial charge in [-0.05, 0) is 23.3 Å². The van der Waals surface area contributed by atoms with Crippen LogP contribution in [0.15, 0.2) is 69.9 Å². The zero-order valence-corrected chi connectivity index (χ0v) is 20.7. The Morgan fingerprint density at radius 1 is 1.18 bits per heavy atom. The van der Waals surface area contributed by atoms with E-state index < -0.39 is 5.25 Å². The molecule has 0 aliphatic rings. The molecule has 0 aliphatic heterocycles. The summed E-state index contributed by atoms with van der Waals surface area (Å²) in [5.41, 5.74) is 2.07. The van der Waals surface area contributed by atoms with Gasteiger partial charge in [0, 0.05) is 32.1 Å². The van der Waals surface area contributed by atoms with E-state index in [-0.39, 0.29) is 23.8 Å². The van der Waals surface area contributed by atoms with Crippen LogP contribution in [0, 0.1) is 5.82 Å². The predicted molar refractivity (Wildman–Crippen MR) is 135 cm³/mol. The first-order chi connectivity index (χ1) is 16.4. The van der Waals surface area contributed by atoms with E-state index in [1.807, 2.05) is 35.7 Å². The molecule has 6 nitrogen and oxygen atoms in total. The number of carbonyl (C=O) groups is 1. The van der Waals surface area contributed by atoms with Crippen LogP contribution in [-0.4, -0.2) is 48.2 Å². The number of aromatic nitrogens is 2. The summed E-state index contributed by atoms with van der Waals surface area (Å²) in [4.78, 5) is 33.7. The number of hydrogen-bond donors (Lipinski definition) is 0. The van der Waals surface area contributed by atoms with Crippen LogP contribution >= 0.6 is 23.1 Å². The van der Waals surface area contributed by atoms with E-state index in [1.54, 1.807) is 42.8 Å². The van der Waals surface area contributed by atoms with Crippen molar-refractivity contribution in [1.82, 2.24) is 14.5 Å². The van der Waals surface area contributed by atoms with Crippen molar-refractivity contribution < 1.29 is 13.9 Å². The highest BCUT2D eigenvalue weighted by Crippen LogP contribution is 2.38. The summed E-state index contributed by atoms with van der Waals surface area (Å²) in [6.07, 6.45) is 0. The molecule has 2 aromatic heterocycles. The molecule has 4 aromatic rings. The first kappa shape index (κ1) is 24.1. The summed E-state index contributed by atoms with van der Waals surface area (Å²) < 4.78 is 20.2. The fourth-order valence-corrected chi connectivity index (χ4v) is 5.80. The minimum Gasteiger partial charge on any atom is -0.383 e. The Morgan fingerprint density at radius 3 is 2.53 bits per heavy atom. The smallest absolute Gasteiger partial charge is 0.263 e. The first-order valence-corrected chi connectivity index (χ1v) is 12.4. The van der Waals surface area contributed by atoms with Gasteiger partial charge in [0.15, 0.2) is 5.16 Å². The second-order valence-electron chi connectivity index (χ2n) is 7.82. The normalized spacial score (nSPS) is 12.1. The quantitative estimate of drug-likeness (QED) is 0.258. The molecule has 34 heavy (non-hydrogen) atoms. The van der Waals surface area contributed by atoms with Gasteiger partial charge in [0.2, 0.25) is 5.91 Å². The number of likely N-dealkylation sites (N-methyl/N-ethyl adjacent to an activating group) is 1. The lowest BCUT2D eigenvalue weighted by Gasteiger charge is -2.21. The molecular weight excluding hydrogens is 473 g/mol. The molecule has 4 rings (SSSR count). The molecule has 2 heterocycles. The molecule has 0 radical (unpaired) electrons. The van der Waals surface area contributed by atoms with Crippen LogP contribution in [0.4, 0.5) is 4.39 Å². The van der Waals surface area contributed by atoms with Gasteiger partial charge in [0.05, 0.1) is 18.5 Å². The Hall–Kier alpha value is -3.01. The predicted octanol–water partition coefficient (Wildman–Crippen LogP) is 4.83. The van der Waals surface area contributed by atoms with E-state index >= 15 is 0 Å². The van der Waals surface area contributed by atoms with Gasteiger partial charge in [-0.2, -0.15) is 0 Å². The number of methoxy groups -OCH3 is 1. The van der Waals surface area contributed by atoms with Gasteiger partial charge < -0.3 is 9.64 Å². The van der Waals surface area contributed by atoms with Crippen molar-refractivity contribution in [3.63, 3.8) is 0 Å². The molecular formula is C25H24FN3O3S2. The van der Waals surface area contributed by atoms with Crippen LogP contribution in [0.5, 0.6) is 0 Å². The highest BCUT2D eigenvalue weighted by atomic mass is 32.2. The van der Waals surface area contributed by atoms with E-state index in [9.17, 15) is 14.0 Å². The summed E-state index contributed by atoms with van der Waals surface area (Å²) in [5.74, 6) is -0.433. The maximum absolute atomic E-state index is 13.7. The Morgan fingerprint density at radius 2 is 1.88 bits per heavy atom. The van der Waals surface area contributed by atoms with Crippen LogP contribution in [0.2, 0.25) is 0 Å². The number of carbonyl (C=O) groups excluding carboxylic acids is 1. The Bertz CT molecular complexity index is 1350. The Kier molecular flexibility index (Phi) is 7.45. The molecule has 2 aromatic carbocycles. The van der Waals surface area contributed by atoms with Crippen molar-refractivity contribution in [3.05, 3.63) is 81.7 Å². The van der Waals surface area contributed by atoms with E-state index in [4.69, 9.17) is 9.72 Å². The second-order valence-corrected chi connectivity index (χ2v) is 9.75. The molecule has 9 heteroatoms. The fraction of sp³-hybridized carbons (Fsp3) is 0.240. The third kappa shape index (κ3) is 4.91. The maximum atomic E-state index is 13.7. The van der Waals surface area contributed by atoms with Gasteiger partial charge in [0.25, 0.3) is 5.56 Å². The van der Waals surface area contributed by atoms with Crippen molar-refractivity contribution in [2.45, 2.75) is 17.0 Å². The van der Waals surface area contributed by atoms with Crippen molar-refractivity contribution in [2.75, 3.05) is 27.8 Å². The summed E-state index contributed by atoms with van der Waals surface area (Å²) in [7, 11) is 4.99. The first-order valence-electron chi connectivity index (χ1n) is 10.6. The number of thiophene rings is 1. The number of benzene rings is 2. The van der Waals surface area contributed by atoms with Crippen LogP contribution < -0.4 is 5.56 Å². The molecule has 0 fully saturated rings. The van der Waals surface area contributed by atoms with Gasteiger partial charge in [-0.25, -0.2) is 9.37 Å². The third-order valence-corrected chi connectivity index (χ3v) is 7.43. The lowest BCUT2D eigenvalue weighted by Crippen LogP contribution is -2.29. The highest BCUT2D eigenvalue weighted by Gasteiger charge is 2.27. The van der Waals surface area contributed by atoms with Crippen molar-refractivity contribution in [2.24, 2.45) is 0 Å². The van der Waals surface area contributed by atoms with E-state index in [2.05, 4.69) is 0 Å². The van der Waals surface area contributed by atoms with Crippen molar-refractivity contribution >= 4 is 39.2 Å². The summed E-state index contributed by atoms with van der Waals surface area (Å²) in [5, 5.41) is 2.23. The average Bonchev–Trinajstić information content (AvgIpc) is 3.27. The number of hydrogen-bond acceptors (Lipinski definition) is 6. The fourth-order valence-electron chi connectivity index (χ4n) is 3.55. The van der Waals surface area contributed by atoms with Crippen LogP contribution in [-0.2, 0) is 16.1 Å². The second kappa shape index (κ2) is 10.5. The largest absolute Gasteiger partial charge is 0.383 e. The zero-order valence-electron chi connectivity index (χ0n) is 19.0. The van der Waals surface area contributed by atoms with Crippen molar-refractivity contribution in [3.8, 4) is 11.1 Å². The maximum Gasteiger partial charge on any atom is 0.263 e. The number of rotatable bonds is 8. The summed E-state index contributed by atoms with van der Waals surface area (Å²) in [6, 6.07) is 15.5. The molecule has 0 saturated heterocycles. The van der Waals surface area contributed by atoms with E-state index in [1.165, 1.54) is 35.2 Å². The third-order valence-electron chi connectivity index (χ3n) is 5.32. The summed E-state index contributed by atoms with van der Waals surface area (Å²) >= 11 is 2.61. The molecule has 0 N–H and O–H groups in total. The number of nitrogens with zero attached hydrogens (tertiary/aromatic N) is 3. The van der Waals surface area contributed by atoms with Crippen LogP contribution in [0.3, 0.4) is 0 Å². The Balaban J connectivity index is 1.85. The van der Waals surface area contributed by atoms with Gasteiger partial charge in [0.1, 0.15) is 15.9 Å². The van der Waals surface area contributed by atoms with Crippen LogP contribution in [0.25, 0.3) is 21.3 Å². The molecule has 0 aliphatic carbocycles. The number of ether oxygens (including phenoxy) is 1.